The normalized spacial score (nSPS) is 11.0. The van der Waals surface area contributed by atoms with Crippen molar-refractivity contribution in [3.8, 4) is 0 Å². The second-order valence-corrected chi connectivity index (χ2v) is 6.10. The Labute approximate surface area is 130 Å². The molecule has 0 spiro atoms. The van der Waals surface area contributed by atoms with Crippen LogP contribution in [0.5, 0.6) is 0 Å². The molecular formula is C19H32O2. The van der Waals surface area contributed by atoms with Crippen LogP contribution in [0.3, 0.4) is 0 Å². The third-order valence-electron chi connectivity index (χ3n) is 4.17. The van der Waals surface area contributed by atoms with Crippen LogP contribution in [-0.4, -0.2) is 5.78 Å². The summed E-state index contributed by atoms with van der Waals surface area (Å²) in [4.78, 5) is 11.9. The second kappa shape index (κ2) is 11.6. The van der Waals surface area contributed by atoms with Gasteiger partial charge < -0.3 is 4.42 Å². The van der Waals surface area contributed by atoms with E-state index in [0.29, 0.717) is 6.42 Å². The lowest BCUT2D eigenvalue weighted by Gasteiger charge is -2.02. The molecular weight excluding hydrogens is 260 g/mol. The minimum Gasteiger partial charge on any atom is -0.469 e. The summed E-state index contributed by atoms with van der Waals surface area (Å²) in [6.45, 7) is 4.12. The van der Waals surface area contributed by atoms with E-state index >= 15 is 0 Å². The van der Waals surface area contributed by atoms with Gasteiger partial charge in [-0.1, -0.05) is 71.1 Å². The number of carbonyl (C=O) groups is 1. The molecule has 1 aromatic rings. The maximum atomic E-state index is 11.9. The van der Waals surface area contributed by atoms with E-state index < -0.39 is 0 Å². The highest BCUT2D eigenvalue weighted by Gasteiger charge is 2.10. The first-order valence-corrected chi connectivity index (χ1v) is 8.83. The van der Waals surface area contributed by atoms with Crippen molar-refractivity contribution in [3.63, 3.8) is 0 Å². The number of hydrogen-bond acceptors (Lipinski definition) is 2. The molecule has 0 saturated carbocycles. The van der Waals surface area contributed by atoms with Crippen LogP contribution in [0.25, 0.3) is 0 Å². The van der Waals surface area contributed by atoms with Gasteiger partial charge in [0, 0.05) is 6.42 Å². The summed E-state index contributed by atoms with van der Waals surface area (Å²) in [5, 5.41) is 0. The lowest BCUT2D eigenvalue weighted by Crippen LogP contribution is -1.98. The molecule has 0 aromatic carbocycles. The zero-order valence-corrected chi connectivity index (χ0v) is 14.0. The van der Waals surface area contributed by atoms with Crippen LogP contribution in [0, 0.1) is 6.92 Å². The van der Waals surface area contributed by atoms with Crippen LogP contribution >= 0.6 is 0 Å². The Morgan fingerprint density at radius 2 is 1.43 bits per heavy atom. The highest BCUT2D eigenvalue weighted by Crippen LogP contribution is 2.15. The fourth-order valence-corrected chi connectivity index (χ4v) is 2.76. The Hall–Kier alpha value is -1.05. The van der Waals surface area contributed by atoms with Gasteiger partial charge in [-0.25, -0.2) is 0 Å². The van der Waals surface area contributed by atoms with Crippen LogP contribution in [0.15, 0.2) is 16.7 Å². The fraction of sp³-hybridized carbons (Fsp3) is 0.737. The van der Waals surface area contributed by atoms with Gasteiger partial charge in [0.2, 0.25) is 0 Å². The molecule has 0 radical (unpaired) electrons. The van der Waals surface area contributed by atoms with Crippen LogP contribution in [-0.2, 0) is 0 Å². The van der Waals surface area contributed by atoms with Crippen molar-refractivity contribution in [1.29, 1.82) is 0 Å². The molecule has 2 nitrogen and oxygen atoms in total. The Kier molecular flexibility index (Phi) is 9.94. The number of Topliss-reactive ketones (excluding diaryl/α,β-unsaturated/α-hetero) is 1. The fourth-order valence-electron chi connectivity index (χ4n) is 2.76. The van der Waals surface area contributed by atoms with Gasteiger partial charge in [0.05, 0.1) is 11.8 Å². The van der Waals surface area contributed by atoms with E-state index in [4.69, 9.17) is 4.42 Å². The SMILES string of the molecule is CCCCCCCCCCCCCC(=O)c1ccoc1C. The zero-order valence-electron chi connectivity index (χ0n) is 14.0. The van der Waals surface area contributed by atoms with Crippen molar-refractivity contribution in [3.05, 3.63) is 23.7 Å². The first-order chi connectivity index (χ1) is 10.3. The van der Waals surface area contributed by atoms with Crippen molar-refractivity contribution < 1.29 is 9.21 Å². The molecule has 1 rings (SSSR count). The van der Waals surface area contributed by atoms with Crippen LogP contribution < -0.4 is 0 Å². The molecule has 0 bridgehead atoms. The molecule has 0 aliphatic heterocycles. The van der Waals surface area contributed by atoms with Crippen molar-refractivity contribution in [1.82, 2.24) is 0 Å². The average molecular weight is 292 g/mol. The number of hydrogen-bond donors (Lipinski definition) is 0. The molecule has 2 heteroatoms. The topological polar surface area (TPSA) is 30.2 Å². The highest BCUT2D eigenvalue weighted by molar-refractivity contribution is 5.96. The van der Waals surface area contributed by atoms with Crippen LogP contribution in [0.2, 0.25) is 0 Å². The second-order valence-electron chi connectivity index (χ2n) is 6.10. The predicted molar refractivity (Wildman–Crippen MR) is 88.9 cm³/mol. The molecule has 120 valence electrons. The molecule has 1 aromatic heterocycles. The van der Waals surface area contributed by atoms with Gasteiger partial charge >= 0.3 is 0 Å². The monoisotopic (exact) mass is 292 g/mol. The molecule has 21 heavy (non-hydrogen) atoms. The Morgan fingerprint density at radius 1 is 0.905 bits per heavy atom. The zero-order chi connectivity index (χ0) is 15.3. The summed E-state index contributed by atoms with van der Waals surface area (Å²) in [5.74, 6) is 0.986. The lowest BCUT2D eigenvalue weighted by atomic mass is 10.0. The van der Waals surface area contributed by atoms with Crippen LogP contribution in [0.4, 0.5) is 0 Å². The van der Waals surface area contributed by atoms with Gasteiger partial charge in [-0.2, -0.15) is 0 Å². The van der Waals surface area contributed by atoms with E-state index in [1.807, 2.05) is 6.92 Å². The van der Waals surface area contributed by atoms with E-state index in [1.165, 1.54) is 64.2 Å². The predicted octanol–water partition coefficient (Wildman–Crippen LogP) is 6.47. The quantitative estimate of drug-likeness (QED) is 0.308. The minimum atomic E-state index is 0.233. The van der Waals surface area contributed by atoms with Crippen molar-refractivity contribution in [2.24, 2.45) is 0 Å². The van der Waals surface area contributed by atoms with Crippen molar-refractivity contribution in [2.45, 2.75) is 90.9 Å². The van der Waals surface area contributed by atoms with Crippen LogP contribution in [0.1, 0.15) is 100 Å². The molecule has 0 amide bonds. The molecule has 0 saturated heterocycles. The summed E-state index contributed by atoms with van der Waals surface area (Å²) < 4.78 is 5.17. The summed E-state index contributed by atoms with van der Waals surface area (Å²) in [6.07, 6.45) is 16.7. The number of furan rings is 1. The third kappa shape index (κ3) is 8.08. The van der Waals surface area contributed by atoms with Crippen molar-refractivity contribution >= 4 is 5.78 Å². The smallest absolute Gasteiger partial charge is 0.166 e. The Bertz CT molecular complexity index is 379. The third-order valence-corrected chi connectivity index (χ3v) is 4.17. The molecule has 1 heterocycles. The van der Waals surface area contributed by atoms with Gasteiger partial charge in [0.1, 0.15) is 5.76 Å². The first-order valence-electron chi connectivity index (χ1n) is 8.83. The maximum absolute atomic E-state index is 11.9. The number of ketones is 1. The largest absolute Gasteiger partial charge is 0.469 e. The Balaban J connectivity index is 1.89. The molecule has 0 aliphatic carbocycles. The standard InChI is InChI=1S/C19H32O2/c1-3-4-5-6-7-8-9-10-11-12-13-14-19(20)18-15-16-21-17(18)2/h15-16H,3-14H2,1-2H3. The molecule has 0 N–H and O–H groups in total. The van der Waals surface area contributed by atoms with E-state index in [2.05, 4.69) is 6.92 Å². The van der Waals surface area contributed by atoms with E-state index in [0.717, 1.165) is 17.7 Å². The number of unbranched alkanes of at least 4 members (excludes halogenated alkanes) is 10. The van der Waals surface area contributed by atoms with Gasteiger partial charge in [-0.05, 0) is 19.4 Å². The summed E-state index contributed by atoms with van der Waals surface area (Å²) in [6, 6.07) is 1.79. The number of aryl methyl sites for hydroxylation is 1. The van der Waals surface area contributed by atoms with E-state index in [9.17, 15) is 4.79 Å². The van der Waals surface area contributed by atoms with E-state index in [-0.39, 0.29) is 5.78 Å². The van der Waals surface area contributed by atoms with Crippen molar-refractivity contribution in [2.75, 3.05) is 0 Å². The molecule has 0 fully saturated rings. The minimum absolute atomic E-state index is 0.233. The first kappa shape index (κ1) is 18.0. The van der Waals surface area contributed by atoms with Gasteiger partial charge in [-0.3, -0.25) is 4.79 Å². The van der Waals surface area contributed by atoms with E-state index in [1.54, 1.807) is 12.3 Å². The average Bonchev–Trinajstić information content (AvgIpc) is 2.91. The molecule has 0 aliphatic rings. The molecule has 0 unspecified atom stereocenters. The van der Waals surface area contributed by atoms with Gasteiger partial charge in [0.25, 0.3) is 0 Å². The maximum Gasteiger partial charge on any atom is 0.166 e. The lowest BCUT2D eigenvalue weighted by molar-refractivity contribution is 0.0977. The summed E-state index contributed by atoms with van der Waals surface area (Å²) >= 11 is 0. The molecule has 0 atom stereocenters. The summed E-state index contributed by atoms with van der Waals surface area (Å²) in [5.41, 5.74) is 0.766. The highest BCUT2D eigenvalue weighted by atomic mass is 16.3. The number of carbonyl (C=O) groups excluding carboxylic acids is 1. The number of rotatable bonds is 13. The van der Waals surface area contributed by atoms with Gasteiger partial charge in [0.15, 0.2) is 5.78 Å². The Morgan fingerprint density at radius 3 is 1.90 bits per heavy atom. The summed E-state index contributed by atoms with van der Waals surface area (Å²) in [7, 11) is 0. The van der Waals surface area contributed by atoms with Gasteiger partial charge in [-0.15, -0.1) is 0 Å².